The molecule has 122 valence electrons. The summed E-state index contributed by atoms with van der Waals surface area (Å²) in [5.41, 5.74) is 2.99. The first-order valence-electron chi connectivity index (χ1n) is 7.99. The molecule has 0 unspecified atom stereocenters. The van der Waals surface area contributed by atoms with Gasteiger partial charge in [-0.15, -0.1) is 0 Å². The molecule has 1 atom stereocenters. The Labute approximate surface area is 134 Å². The van der Waals surface area contributed by atoms with E-state index in [4.69, 9.17) is 4.74 Å². The maximum Gasteiger partial charge on any atom is 0.328 e. The van der Waals surface area contributed by atoms with Crippen molar-refractivity contribution in [1.29, 1.82) is 0 Å². The van der Waals surface area contributed by atoms with Crippen molar-refractivity contribution in [3.63, 3.8) is 0 Å². The number of rotatable bonds is 1. The molecular formula is C16H20N4O3. The maximum absolute atomic E-state index is 12.0. The van der Waals surface area contributed by atoms with Gasteiger partial charge in [-0.3, -0.25) is 15.0 Å². The van der Waals surface area contributed by atoms with Gasteiger partial charge >= 0.3 is 6.03 Å². The zero-order chi connectivity index (χ0) is 16.0. The number of nitrogens with zero attached hydrogens (tertiary/aromatic N) is 2. The molecule has 0 saturated carbocycles. The number of aryl methyl sites for hydroxylation is 1. The van der Waals surface area contributed by atoms with Crippen molar-refractivity contribution >= 4 is 23.3 Å². The molecule has 0 bridgehead atoms. The Morgan fingerprint density at radius 1 is 1.26 bits per heavy atom. The quantitative estimate of drug-likeness (QED) is 0.794. The number of hydrogen-bond donors (Lipinski definition) is 2. The molecule has 3 aliphatic heterocycles. The van der Waals surface area contributed by atoms with Gasteiger partial charge in [-0.05, 0) is 18.6 Å². The number of nitrogens with one attached hydrogen (secondary N) is 2. The van der Waals surface area contributed by atoms with Gasteiger partial charge in [0.2, 0.25) is 5.91 Å². The van der Waals surface area contributed by atoms with E-state index in [-0.39, 0.29) is 11.9 Å². The average Bonchev–Trinajstić information content (AvgIpc) is 2.54. The first kappa shape index (κ1) is 14.3. The van der Waals surface area contributed by atoms with Crippen LogP contribution >= 0.6 is 0 Å². The Balaban J connectivity index is 1.69. The van der Waals surface area contributed by atoms with Gasteiger partial charge in [0.05, 0.1) is 11.7 Å². The largest absolute Gasteiger partial charge is 0.489 e. The number of piperazine rings is 1. The number of anilines is 2. The van der Waals surface area contributed by atoms with Crippen LogP contribution in [-0.2, 0) is 4.79 Å². The van der Waals surface area contributed by atoms with Crippen LogP contribution in [-0.4, -0.2) is 50.8 Å². The summed E-state index contributed by atoms with van der Waals surface area (Å²) >= 11 is 0. The zero-order valence-corrected chi connectivity index (χ0v) is 13.1. The second-order valence-corrected chi connectivity index (χ2v) is 6.23. The molecule has 7 nitrogen and oxygen atoms in total. The number of urea groups is 1. The van der Waals surface area contributed by atoms with Crippen LogP contribution in [0.15, 0.2) is 12.1 Å². The summed E-state index contributed by atoms with van der Waals surface area (Å²) in [6.07, 6.45) is 0.322. The van der Waals surface area contributed by atoms with E-state index in [0.29, 0.717) is 25.6 Å². The number of carbonyl (C=O) groups is 2. The summed E-state index contributed by atoms with van der Waals surface area (Å²) in [5.74, 6) is 0.601. The Morgan fingerprint density at radius 2 is 2.13 bits per heavy atom. The third-order valence-corrected chi connectivity index (χ3v) is 4.68. The van der Waals surface area contributed by atoms with Gasteiger partial charge in [-0.25, -0.2) is 4.79 Å². The molecule has 1 aromatic carbocycles. The van der Waals surface area contributed by atoms with E-state index in [1.807, 2.05) is 19.1 Å². The number of benzene rings is 1. The first-order valence-corrected chi connectivity index (χ1v) is 7.99. The van der Waals surface area contributed by atoms with E-state index in [9.17, 15) is 9.59 Å². The molecule has 2 saturated heterocycles. The van der Waals surface area contributed by atoms with Gasteiger partial charge in [0.25, 0.3) is 0 Å². The van der Waals surface area contributed by atoms with Crippen molar-refractivity contribution < 1.29 is 14.3 Å². The number of imide groups is 1. The lowest BCUT2D eigenvalue weighted by Crippen LogP contribution is -2.56. The fourth-order valence-electron chi connectivity index (χ4n) is 3.56. The van der Waals surface area contributed by atoms with Crippen molar-refractivity contribution in [1.82, 2.24) is 10.6 Å². The highest BCUT2D eigenvalue weighted by molar-refractivity contribution is 6.05. The highest BCUT2D eigenvalue weighted by Crippen LogP contribution is 2.40. The molecule has 3 amide bonds. The van der Waals surface area contributed by atoms with Gasteiger partial charge in [0.15, 0.2) is 0 Å². The zero-order valence-electron chi connectivity index (χ0n) is 13.1. The molecule has 0 aliphatic carbocycles. The minimum absolute atomic E-state index is 0.221. The Bertz CT molecular complexity index is 676. The van der Waals surface area contributed by atoms with Crippen molar-refractivity contribution in [3.8, 4) is 5.75 Å². The van der Waals surface area contributed by atoms with Crippen molar-refractivity contribution in [2.24, 2.45) is 0 Å². The number of hydrogen-bond acceptors (Lipinski definition) is 5. The van der Waals surface area contributed by atoms with E-state index in [1.165, 1.54) is 0 Å². The van der Waals surface area contributed by atoms with Gasteiger partial charge in [0, 0.05) is 44.4 Å². The van der Waals surface area contributed by atoms with Gasteiger partial charge in [-0.2, -0.15) is 0 Å². The first-order chi connectivity index (χ1) is 11.1. The minimum Gasteiger partial charge on any atom is -0.489 e. The Hall–Kier alpha value is -2.28. The molecule has 0 aromatic heterocycles. The predicted octanol–water partition coefficient (Wildman–Crippen LogP) is 0.612. The predicted molar refractivity (Wildman–Crippen MR) is 86.2 cm³/mol. The third kappa shape index (κ3) is 2.41. The van der Waals surface area contributed by atoms with Crippen LogP contribution in [0.1, 0.15) is 12.0 Å². The lowest BCUT2D eigenvalue weighted by molar-refractivity contribution is -0.120. The molecule has 3 heterocycles. The van der Waals surface area contributed by atoms with E-state index in [1.54, 1.807) is 4.90 Å². The van der Waals surface area contributed by atoms with Crippen molar-refractivity contribution in [2.45, 2.75) is 19.4 Å². The van der Waals surface area contributed by atoms with Crippen LogP contribution < -0.4 is 25.2 Å². The van der Waals surface area contributed by atoms with Gasteiger partial charge in [-0.1, -0.05) is 0 Å². The lowest BCUT2D eigenvalue weighted by atomic mass is 10.0. The highest BCUT2D eigenvalue weighted by atomic mass is 16.5. The molecule has 4 rings (SSSR count). The lowest BCUT2D eigenvalue weighted by Gasteiger charge is -2.43. The topological polar surface area (TPSA) is 73.9 Å². The van der Waals surface area contributed by atoms with Crippen LogP contribution in [0.4, 0.5) is 16.2 Å². The van der Waals surface area contributed by atoms with Crippen LogP contribution in [0.25, 0.3) is 0 Å². The molecule has 3 aliphatic rings. The van der Waals surface area contributed by atoms with Crippen LogP contribution in [0.5, 0.6) is 5.75 Å². The smallest absolute Gasteiger partial charge is 0.328 e. The summed E-state index contributed by atoms with van der Waals surface area (Å²) in [6, 6.07) is 3.91. The summed E-state index contributed by atoms with van der Waals surface area (Å²) < 4.78 is 5.95. The minimum atomic E-state index is -0.364. The molecule has 7 heteroatoms. The number of amides is 3. The molecule has 2 fully saturated rings. The van der Waals surface area contributed by atoms with Gasteiger partial charge < -0.3 is 15.0 Å². The SMILES string of the molecule is Cc1cc(N2CCC(=O)NC2=O)cc2c1N1CCNC[C@H]1CO2. The van der Waals surface area contributed by atoms with E-state index >= 15 is 0 Å². The van der Waals surface area contributed by atoms with Crippen molar-refractivity contribution in [3.05, 3.63) is 17.7 Å². The normalized spacial score (nSPS) is 23.8. The van der Waals surface area contributed by atoms with Gasteiger partial charge in [0.1, 0.15) is 12.4 Å². The summed E-state index contributed by atoms with van der Waals surface area (Å²) in [5, 5.41) is 5.75. The third-order valence-electron chi connectivity index (χ3n) is 4.68. The van der Waals surface area contributed by atoms with Crippen molar-refractivity contribution in [2.75, 3.05) is 42.6 Å². The molecule has 23 heavy (non-hydrogen) atoms. The second-order valence-electron chi connectivity index (χ2n) is 6.23. The summed E-state index contributed by atoms with van der Waals surface area (Å²) in [6.45, 7) is 5.95. The number of ether oxygens (including phenoxy) is 1. The fourth-order valence-corrected chi connectivity index (χ4v) is 3.56. The standard InChI is InChI=1S/C16H20N4O3/c1-10-6-11(20-4-2-14(21)18-16(20)22)7-13-15(10)19-5-3-17-8-12(19)9-23-13/h6-7,12,17H,2-5,8-9H2,1H3,(H,18,21,22)/t12-/m0/s1. The molecule has 2 N–H and O–H groups in total. The van der Waals surface area contributed by atoms with E-state index < -0.39 is 0 Å². The van der Waals surface area contributed by atoms with Crippen LogP contribution in [0.2, 0.25) is 0 Å². The Kier molecular flexibility index (Phi) is 3.37. The summed E-state index contributed by atoms with van der Waals surface area (Å²) in [7, 11) is 0. The average molecular weight is 316 g/mol. The highest BCUT2D eigenvalue weighted by Gasteiger charge is 2.32. The fraction of sp³-hybridized carbons (Fsp3) is 0.500. The Morgan fingerprint density at radius 3 is 2.96 bits per heavy atom. The monoisotopic (exact) mass is 316 g/mol. The molecule has 1 aromatic rings. The summed E-state index contributed by atoms with van der Waals surface area (Å²) in [4.78, 5) is 27.4. The van der Waals surface area contributed by atoms with Crippen LogP contribution in [0.3, 0.4) is 0 Å². The number of fused-ring (bicyclic) bond motifs is 3. The maximum atomic E-state index is 12.0. The molecule has 0 radical (unpaired) electrons. The van der Waals surface area contributed by atoms with Crippen LogP contribution in [0, 0.1) is 6.92 Å². The second kappa shape index (κ2) is 5.42. The van der Waals surface area contributed by atoms with E-state index in [0.717, 1.165) is 42.3 Å². The van der Waals surface area contributed by atoms with E-state index in [2.05, 4.69) is 15.5 Å². The molecule has 0 spiro atoms. The molecular weight excluding hydrogens is 296 g/mol. The number of carbonyl (C=O) groups excluding carboxylic acids is 2.